The van der Waals surface area contributed by atoms with Crippen molar-refractivity contribution in [3.63, 3.8) is 0 Å². The monoisotopic (exact) mass is 269 g/mol. The normalized spacial score (nSPS) is 11.8. The van der Waals surface area contributed by atoms with Crippen molar-refractivity contribution in [3.8, 4) is 10.6 Å². The van der Waals surface area contributed by atoms with Gasteiger partial charge in [0, 0.05) is 21.4 Å². The van der Waals surface area contributed by atoms with Crippen molar-refractivity contribution in [2.24, 2.45) is 0 Å². The van der Waals surface area contributed by atoms with E-state index in [1.54, 1.807) is 12.1 Å². The van der Waals surface area contributed by atoms with Crippen LogP contribution < -0.4 is 0 Å². The van der Waals surface area contributed by atoms with Gasteiger partial charge >= 0.3 is 0 Å². The molecule has 1 nitrogen and oxygen atoms in total. The van der Waals surface area contributed by atoms with Crippen molar-refractivity contribution < 1.29 is 4.39 Å². The number of halogens is 2. The van der Waals surface area contributed by atoms with E-state index >= 15 is 0 Å². The lowest BCUT2D eigenvalue weighted by molar-refractivity contribution is 0.573. The lowest BCUT2D eigenvalue weighted by Crippen LogP contribution is -2.11. The highest BCUT2D eigenvalue weighted by Gasteiger charge is 2.19. The van der Waals surface area contributed by atoms with Crippen molar-refractivity contribution in [1.82, 2.24) is 4.98 Å². The SMILES string of the molecule is CC(C)(C)c1csc(-c2ccc(Cl)cc2F)n1. The van der Waals surface area contributed by atoms with Gasteiger partial charge in [0.05, 0.1) is 5.69 Å². The molecule has 1 aromatic heterocycles. The quantitative estimate of drug-likeness (QED) is 0.717. The molecular weight excluding hydrogens is 257 g/mol. The minimum Gasteiger partial charge on any atom is -0.240 e. The molecule has 0 radical (unpaired) electrons. The van der Waals surface area contributed by atoms with Gasteiger partial charge < -0.3 is 0 Å². The molecule has 4 heteroatoms. The van der Waals surface area contributed by atoms with Crippen molar-refractivity contribution in [3.05, 3.63) is 40.1 Å². The van der Waals surface area contributed by atoms with Gasteiger partial charge in [0.15, 0.2) is 0 Å². The Morgan fingerprint density at radius 1 is 1.29 bits per heavy atom. The molecule has 0 saturated heterocycles. The molecule has 0 saturated carbocycles. The molecular formula is C13H13ClFNS. The van der Waals surface area contributed by atoms with Crippen LogP contribution in [0.1, 0.15) is 26.5 Å². The first-order valence-corrected chi connectivity index (χ1v) is 6.55. The van der Waals surface area contributed by atoms with Gasteiger partial charge in [-0.15, -0.1) is 11.3 Å². The predicted molar refractivity (Wildman–Crippen MR) is 71.2 cm³/mol. The highest BCUT2D eigenvalue weighted by Crippen LogP contribution is 2.31. The van der Waals surface area contributed by atoms with Crippen LogP contribution in [0.2, 0.25) is 5.02 Å². The number of hydrogen-bond acceptors (Lipinski definition) is 2. The zero-order valence-electron chi connectivity index (χ0n) is 9.92. The lowest BCUT2D eigenvalue weighted by atomic mass is 9.93. The smallest absolute Gasteiger partial charge is 0.134 e. The van der Waals surface area contributed by atoms with Gasteiger partial charge in [-0.1, -0.05) is 32.4 Å². The van der Waals surface area contributed by atoms with Gasteiger partial charge in [-0.05, 0) is 18.2 Å². The largest absolute Gasteiger partial charge is 0.240 e. The van der Waals surface area contributed by atoms with E-state index < -0.39 is 0 Å². The van der Waals surface area contributed by atoms with E-state index in [0.717, 1.165) is 5.69 Å². The number of aromatic nitrogens is 1. The van der Waals surface area contributed by atoms with Gasteiger partial charge in [0.1, 0.15) is 10.8 Å². The van der Waals surface area contributed by atoms with Crippen LogP contribution in [0.15, 0.2) is 23.6 Å². The van der Waals surface area contributed by atoms with Crippen molar-refractivity contribution >= 4 is 22.9 Å². The minimum absolute atomic E-state index is 0.0162. The van der Waals surface area contributed by atoms with Gasteiger partial charge in [-0.25, -0.2) is 9.37 Å². The molecule has 0 aliphatic carbocycles. The zero-order valence-corrected chi connectivity index (χ0v) is 11.5. The highest BCUT2D eigenvalue weighted by atomic mass is 35.5. The van der Waals surface area contributed by atoms with Crippen LogP contribution >= 0.6 is 22.9 Å². The molecule has 1 heterocycles. The van der Waals surface area contributed by atoms with Crippen LogP contribution in [0.5, 0.6) is 0 Å². The molecule has 0 aliphatic rings. The van der Waals surface area contributed by atoms with Gasteiger partial charge in [-0.2, -0.15) is 0 Å². The summed E-state index contributed by atoms with van der Waals surface area (Å²) < 4.78 is 13.7. The summed E-state index contributed by atoms with van der Waals surface area (Å²) in [6.45, 7) is 6.26. The average molecular weight is 270 g/mol. The Balaban J connectivity index is 2.44. The average Bonchev–Trinajstić information content (AvgIpc) is 2.65. The molecule has 0 fully saturated rings. The van der Waals surface area contributed by atoms with E-state index in [9.17, 15) is 4.39 Å². The minimum atomic E-state index is -0.327. The predicted octanol–water partition coefficient (Wildman–Crippen LogP) is 4.90. The molecule has 1 aromatic carbocycles. The number of nitrogens with zero attached hydrogens (tertiary/aromatic N) is 1. The summed E-state index contributed by atoms with van der Waals surface area (Å²) in [5.41, 5.74) is 1.47. The van der Waals surface area contributed by atoms with E-state index in [-0.39, 0.29) is 11.2 Å². The number of thiazole rings is 1. The van der Waals surface area contributed by atoms with Crippen LogP contribution in [0.3, 0.4) is 0 Å². The molecule has 0 aliphatic heterocycles. The Labute approximate surface area is 109 Å². The maximum atomic E-state index is 13.7. The fourth-order valence-corrected chi connectivity index (χ4v) is 2.64. The van der Waals surface area contributed by atoms with Crippen LogP contribution in [-0.4, -0.2) is 4.98 Å². The number of benzene rings is 1. The Kier molecular flexibility index (Phi) is 3.23. The second-order valence-electron chi connectivity index (χ2n) is 4.91. The molecule has 90 valence electrons. The summed E-state index contributed by atoms with van der Waals surface area (Å²) in [5.74, 6) is -0.327. The van der Waals surface area contributed by atoms with Crippen molar-refractivity contribution in [2.75, 3.05) is 0 Å². The highest BCUT2D eigenvalue weighted by molar-refractivity contribution is 7.13. The Hall–Kier alpha value is -0.930. The summed E-state index contributed by atoms with van der Waals surface area (Å²) in [7, 11) is 0. The van der Waals surface area contributed by atoms with Crippen LogP contribution in [0.4, 0.5) is 4.39 Å². The summed E-state index contributed by atoms with van der Waals surface area (Å²) in [5, 5.41) is 3.08. The first-order chi connectivity index (χ1) is 7.88. The molecule has 2 aromatic rings. The van der Waals surface area contributed by atoms with Crippen LogP contribution in [-0.2, 0) is 5.41 Å². The van der Waals surface area contributed by atoms with E-state index in [4.69, 9.17) is 11.6 Å². The van der Waals surface area contributed by atoms with Crippen LogP contribution in [0.25, 0.3) is 10.6 Å². The number of hydrogen-bond donors (Lipinski definition) is 0. The number of rotatable bonds is 1. The lowest BCUT2D eigenvalue weighted by Gasteiger charge is -2.14. The second-order valence-corrected chi connectivity index (χ2v) is 6.21. The van der Waals surface area contributed by atoms with Gasteiger partial charge in [-0.3, -0.25) is 0 Å². The molecule has 0 spiro atoms. The van der Waals surface area contributed by atoms with E-state index in [0.29, 0.717) is 15.6 Å². The first kappa shape index (κ1) is 12.5. The second kappa shape index (κ2) is 4.39. The van der Waals surface area contributed by atoms with Crippen LogP contribution in [0, 0.1) is 5.82 Å². The maximum Gasteiger partial charge on any atom is 0.134 e. The third kappa shape index (κ3) is 2.67. The maximum absolute atomic E-state index is 13.7. The molecule has 2 rings (SSSR count). The molecule has 0 amide bonds. The standard InChI is InChI=1S/C13H13ClFNS/c1-13(2,3)11-7-17-12(16-11)9-5-4-8(14)6-10(9)15/h4-7H,1-3H3. The van der Waals surface area contributed by atoms with E-state index in [2.05, 4.69) is 25.8 Å². The fourth-order valence-electron chi connectivity index (χ4n) is 1.40. The summed E-state index contributed by atoms with van der Waals surface area (Å²) in [6, 6.07) is 4.66. The van der Waals surface area contributed by atoms with Crippen molar-refractivity contribution in [2.45, 2.75) is 26.2 Å². The third-order valence-electron chi connectivity index (χ3n) is 2.43. The molecule has 0 unspecified atom stereocenters. The Morgan fingerprint density at radius 3 is 2.53 bits per heavy atom. The zero-order chi connectivity index (χ0) is 12.6. The molecule has 0 atom stereocenters. The van der Waals surface area contributed by atoms with Gasteiger partial charge in [0.25, 0.3) is 0 Å². The van der Waals surface area contributed by atoms with Gasteiger partial charge in [0.2, 0.25) is 0 Å². The summed E-state index contributed by atoms with van der Waals surface area (Å²) >= 11 is 7.18. The summed E-state index contributed by atoms with van der Waals surface area (Å²) in [4.78, 5) is 4.48. The Morgan fingerprint density at radius 2 is 2.00 bits per heavy atom. The van der Waals surface area contributed by atoms with E-state index in [1.807, 2.05) is 5.38 Å². The Bertz CT molecular complexity index is 543. The molecule has 0 N–H and O–H groups in total. The van der Waals surface area contributed by atoms with E-state index in [1.165, 1.54) is 17.4 Å². The molecule has 0 bridgehead atoms. The molecule has 17 heavy (non-hydrogen) atoms. The van der Waals surface area contributed by atoms with Crippen molar-refractivity contribution in [1.29, 1.82) is 0 Å². The third-order valence-corrected chi connectivity index (χ3v) is 3.54. The summed E-state index contributed by atoms with van der Waals surface area (Å²) in [6.07, 6.45) is 0. The fraction of sp³-hybridized carbons (Fsp3) is 0.308. The first-order valence-electron chi connectivity index (χ1n) is 5.29. The topological polar surface area (TPSA) is 12.9 Å².